The summed E-state index contributed by atoms with van der Waals surface area (Å²) in [5.74, 6) is -0.693. The van der Waals surface area contributed by atoms with Crippen LogP contribution in [-0.4, -0.2) is 59.5 Å². The molecule has 1 aromatic carbocycles. The van der Waals surface area contributed by atoms with Crippen LogP contribution in [0.15, 0.2) is 18.2 Å². The van der Waals surface area contributed by atoms with E-state index in [4.69, 9.17) is 0 Å². The Kier molecular flexibility index (Phi) is 7.90. The molecule has 0 radical (unpaired) electrons. The van der Waals surface area contributed by atoms with Crippen molar-refractivity contribution in [1.29, 1.82) is 0 Å². The fourth-order valence-corrected chi connectivity index (χ4v) is 4.32. The molecule has 0 bridgehead atoms. The van der Waals surface area contributed by atoms with E-state index in [9.17, 15) is 19.5 Å². The highest BCUT2D eigenvalue weighted by Crippen LogP contribution is 2.27. The van der Waals surface area contributed by atoms with Crippen molar-refractivity contribution in [3.05, 3.63) is 29.3 Å². The van der Waals surface area contributed by atoms with Gasteiger partial charge in [0, 0.05) is 30.4 Å². The first kappa shape index (κ1) is 23.1. The maximum Gasteiger partial charge on any atom is 0.305 e. The van der Waals surface area contributed by atoms with E-state index in [1.807, 2.05) is 19.9 Å². The van der Waals surface area contributed by atoms with Gasteiger partial charge in [0.2, 0.25) is 5.91 Å². The maximum absolute atomic E-state index is 12.8. The molecule has 0 aliphatic carbocycles. The van der Waals surface area contributed by atoms with Gasteiger partial charge in [0.15, 0.2) is 0 Å². The van der Waals surface area contributed by atoms with Crippen molar-refractivity contribution in [3.8, 4) is 0 Å². The van der Waals surface area contributed by atoms with E-state index in [0.717, 1.165) is 37.4 Å². The van der Waals surface area contributed by atoms with Crippen molar-refractivity contribution in [2.45, 2.75) is 64.6 Å². The van der Waals surface area contributed by atoms with E-state index in [2.05, 4.69) is 16.0 Å². The molecular formula is C23H34N4O4. The fourth-order valence-electron chi connectivity index (χ4n) is 4.32. The Morgan fingerprint density at radius 3 is 2.68 bits per heavy atom. The van der Waals surface area contributed by atoms with Gasteiger partial charge in [-0.3, -0.25) is 14.4 Å². The van der Waals surface area contributed by atoms with Crippen LogP contribution in [0.25, 0.3) is 0 Å². The van der Waals surface area contributed by atoms with Crippen molar-refractivity contribution in [2.24, 2.45) is 5.92 Å². The van der Waals surface area contributed by atoms with E-state index >= 15 is 0 Å². The minimum atomic E-state index is -1.04. The second-order valence-electron chi connectivity index (χ2n) is 8.82. The monoisotopic (exact) mass is 430 g/mol. The smallest absolute Gasteiger partial charge is 0.305 e. The molecule has 0 spiro atoms. The predicted octanol–water partition coefficient (Wildman–Crippen LogP) is 2.20. The first-order chi connectivity index (χ1) is 14.8. The number of nitrogens with zero attached hydrogens (tertiary/aromatic N) is 1. The van der Waals surface area contributed by atoms with E-state index < -0.39 is 12.0 Å². The highest BCUT2D eigenvalue weighted by Gasteiger charge is 2.32. The number of carboxylic acids is 1. The zero-order chi connectivity index (χ0) is 22.4. The molecule has 1 fully saturated rings. The molecule has 2 aliphatic rings. The number of piperidine rings is 1. The number of hydrogen-bond acceptors (Lipinski definition) is 5. The average Bonchev–Trinajstić information content (AvgIpc) is 2.87. The Hall–Kier alpha value is -2.61. The SMILES string of the molecule is CC(C)N1Cc2ccc(C(=O)NCCCC3CCNCC3)cc2NC(CC(=O)O)C1=O. The van der Waals surface area contributed by atoms with Crippen LogP contribution in [-0.2, 0) is 16.1 Å². The summed E-state index contributed by atoms with van der Waals surface area (Å²) < 4.78 is 0. The molecule has 0 saturated carbocycles. The number of nitrogens with one attached hydrogen (secondary N) is 3. The van der Waals surface area contributed by atoms with Crippen LogP contribution in [0, 0.1) is 5.92 Å². The van der Waals surface area contributed by atoms with Gasteiger partial charge >= 0.3 is 5.97 Å². The van der Waals surface area contributed by atoms with Crippen molar-refractivity contribution >= 4 is 23.5 Å². The molecule has 2 amide bonds. The number of amides is 2. The van der Waals surface area contributed by atoms with Crippen molar-refractivity contribution in [1.82, 2.24) is 15.5 Å². The topological polar surface area (TPSA) is 111 Å². The van der Waals surface area contributed by atoms with Gasteiger partial charge < -0.3 is 26.0 Å². The zero-order valence-corrected chi connectivity index (χ0v) is 18.4. The Morgan fingerprint density at radius 1 is 1.26 bits per heavy atom. The number of carbonyl (C=O) groups is 3. The van der Waals surface area contributed by atoms with Gasteiger partial charge in [-0.05, 0) is 76.2 Å². The molecule has 2 aliphatic heterocycles. The van der Waals surface area contributed by atoms with Crippen LogP contribution >= 0.6 is 0 Å². The highest BCUT2D eigenvalue weighted by atomic mass is 16.4. The summed E-state index contributed by atoms with van der Waals surface area (Å²) in [6.07, 6.45) is 4.17. The third kappa shape index (κ3) is 6.19. The van der Waals surface area contributed by atoms with E-state index in [1.165, 1.54) is 12.8 Å². The molecule has 0 aromatic heterocycles. The summed E-state index contributed by atoms with van der Waals surface area (Å²) in [7, 11) is 0. The molecule has 8 heteroatoms. The molecule has 1 unspecified atom stereocenters. The van der Waals surface area contributed by atoms with Crippen LogP contribution in [0.3, 0.4) is 0 Å². The Morgan fingerprint density at radius 2 is 2.00 bits per heavy atom. The molecule has 170 valence electrons. The third-order valence-corrected chi connectivity index (χ3v) is 6.16. The molecule has 1 saturated heterocycles. The van der Waals surface area contributed by atoms with Crippen LogP contribution in [0.4, 0.5) is 5.69 Å². The lowest BCUT2D eigenvalue weighted by molar-refractivity contribution is -0.142. The van der Waals surface area contributed by atoms with Gasteiger partial charge in [-0.15, -0.1) is 0 Å². The number of carbonyl (C=O) groups excluding carboxylic acids is 2. The Balaban J connectivity index is 1.64. The molecule has 1 aromatic rings. The number of aliphatic carboxylic acids is 1. The Labute approximate surface area is 183 Å². The molecule has 3 rings (SSSR count). The van der Waals surface area contributed by atoms with Gasteiger partial charge in [0.25, 0.3) is 5.91 Å². The first-order valence-electron chi connectivity index (χ1n) is 11.3. The number of benzene rings is 1. The van der Waals surface area contributed by atoms with E-state index in [0.29, 0.717) is 24.3 Å². The molecular weight excluding hydrogens is 396 g/mol. The van der Waals surface area contributed by atoms with Crippen molar-refractivity contribution < 1.29 is 19.5 Å². The van der Waals surface area contributed by atoms with Gasteiger partial charge in [-0.25, -0.2) is 0 Å². The third-order valence-electron chi connectivity index (χ3n) is 6.16. The Bertz CT molecular complexity index is 805. The lowest BCUT2D eigenvalue weighted by atomic mass is 9.93. The number of anilines is 1. The molecule has 1 atom stereocenters. The predicted molar refractivity (Wildman–Crippen MR) is 119 cm³/mol. The second kappa shape index (κ2) is 10.6. The summed E-state index contributed by atoms with van der Waals surface area (Å²) in [5, 5.41) is 18.7. The van der Waals surface area contributed by atoms with E-state index in [1.54, 1.807) is 17.0 Å². The summed E-state index contributed by atoms with van der Waals surface area (Å²) in [5.41, 5.74) is 2.02. The standard InChI is InChI=1S/C23H34N4O4/c1-15(2)27-14-18-6-5-17(12-19(18)26-20(23(27)31)13-21(28)29)22(30)25-9-3-4-16-7-10-24-11-8-16/h5-6,12,15-16,20,24,26H,3-4,7-11,13-14H2,1-2H3,(H,25,30)(H,28,29). The number of hydrogen-bond donors (Lipinski definition) is 4. The summed E-state index contributed by atoms with van der Waals surface area (Å²) in [4.78, 5) is 38.4. The second-order valence-corrected chi connectivity index (χ2v) is 8.82. The average molecular weight is 431 g/mol. The van der Waals surface area contributed by atoms with Gasteiger partial charge in [0.05, 0.1) is 6.42 Å². The van der Waals surface area contributed by atoms with Gasteiger partial charge in [0.1, 0.15) is 6.04 Å². The molecule has 8 nitrogen and oxygen atoms in total. The molecule has 31 heavy (non-hydrogen) atoms. The lowest BCUT2D eigenvalue weighted by Crippen LogP contribution is -2.44. The minimum absolute atomic E-state index is 0.0561. The fraction of sp³-hybridized carbons (Fsp3) is 0.609. The zero-order valence-electron chi connectivity index (χ0n) is 18.4. The molecule has 4 N–H and O–H groups in total. The lowest BCUT2D eigenvalue weighted by Gasteiger charge is -2.27. The van der Waals surface area contributed by atoms with Crippen LogP contribution < -0.4 is 16.0 Å². The van der Waals surface area contributed by atoms with Gasteiger partial charge in [-0.2, -0.15) is 0 Å². The van der Waals surface area contributed by atoms with Crippen LogP contribution in [0.5, 0.6) is 0 Å². The quantitative estimate of drug-likeness (QED) is 0.471. The number of rotatable bonds is 8. The maximum atomic E-state index is 12.8. The van der Waals surface area contributed by atoms with Crippen molar-refractivity contribution in [3.63, 3.8) is 0 Å². The highest BCUT2D eigenvalue weighted by molar-refractivity contribution is 5.96. The van der Waals surface area contributed by atoms with Crippen molar-refractivity contribution in [2.75, 3.05) is 25.0 Å². The summed E-state index contributed by atoms with van der Waals surface area (Å²) in [6.45, 7) is 7.00. The molecule has 2 heterocycles. The van der Waals surface area contributed by atoms with Crippen LogP contribution in [0.2, 0.25) is 0 Å². The first-order valence-corrected chi connectivity index (χ1v) is 11.3. The summed E-state index contributed by atoms with van der Waals surface area (Å²) in [6, 6.07) is 4.42. The minimum Gasteiger partial charge on any atom is -0.481 e. The normalized spacial score (nSPS) is 19.5. The largest absolute Gasteiger partial charge is 0.481 e. The number of fused-ring (bicyclic) bond motifs is 1. The van der Waals surface area contributed by atoms with Gasteiger partial charge in [-0.1, -0.05) is 6.07 Å². The summed E-state index contributed by atoms with van der Waals surface area (Å²) >= 11 is 0. The number of carboxylic acid groups (broad SMARTS) is 1. The van der Waals surface area contributed by atoms with Crippen LogP contribution in [0.1, 0.15) is 61.9 Å². The van der Waals surface area contributed by atoms with E-state index in [-0.39, 0.29) is 24.3 Å².